The zero-order valence-corrected chi connectivity index (χ0v) is 20.9. The zero-order chi connectivity index (χ0) is 27.2. The first-order chi connectivity index (χ1) is 17.3. The summed E-state index contributed by atoms with van der Waals surface area (Å²) in [5.74, 6) is -1.96. The van der Waals surface area contributed by atoms with E-state index in [4.69, 9.17) is 0 Å². The van der Waals surface area contributed by atoms with Crippen molar-refractivity contribution < 1.29 is 27.2 Å². The fourth-order valence-electron chi connectivity index (χ4n) is 3.92. The Labute approximate surface area is 214 Å². The maximum Gasteiger partial charge on any atom is 0.407 e. The molecule has 0 saturated heterocycles. The Morgan fingerprint density at radius 2 is 1.43 bits per heavy atom. The van der Waals surface area contributed by atoms with Crippen LogP contribution in [0.5, 0.6) is 0 Å². The van der Waals surface area contributed by atoms with Gasteiger partial charge in [0.2, 0.25) is 5.91 Å². The summed E-state index contributed by atoms with van der Waals surface area (Å²) in [5, 5.41) is 5.31. The number of anilines is 1. The van der Waals surface area contributed by atoms with E-state index in [-0.39, 0.29) is 24.2 Å². The molecule has 1 amide bonds. The van der Waals surface area contributed by atoms with E-state index in [9.17, 15) is 27.2 Å². The summed E-state index contributed by atoms with van der Waals surface area (Å²) in [5.41, 5.74) is 0.715. The molecule has 0 heterocycles. The standard InChI is InChI=1S/C29H30F4N2O2/c1-28(2,3)35-26(29(31,32)33)21-11-15-24(16-12-21)34-27(37)22(17-19-7-5-4-6-8-19)18-25(36)20-9-13-23(30)14-10-20/h4-16,22,26,35H,17-18H2,1-3H3,(H,34,37)/t22-,26?/m1/s1. The summed E-state index contributed by atoms with van der Waals surface area (Å²) in [7, 11) is 0. The number of benzene rings is 3. The van der Waals surface area contributed by atoms with Gasteiger partial charge in [0.15, 0.2) is 5.78 Å². The molecule has 3 aromatic carbocycles. The molecule has 8 heteroatoms. The fraction of sp³-hybridized carbons (Fsp3) is 0.310. The Morgan fingerprint density at radius 1 is 0.838 bits per heavy atom. The van der Waals surface area contributed by atoms with Crippen molar-refractivity contribution in [1.29, 1.82) is 0 Å². The van der Waals surface area contributed by atoms with Gasteiger partial charge in [-0.1, -0.05) is 42.5 Å². The normalized spacial score (nSPS) is 13.6. The van der Waals surface area contributed by atoms with Crippen LogP contribution in [-0.2, 0) is 11.2 Å². The van der Waals surface area contributed by atoms with Crippen molar-refractivity contribution in [1.82, 2.24) is 5.32 Å². The van der Waals surface area contributed by atoms with Crippen LogP contribution < -0.4 is 10.6 Å². The lowest BCUT2D eigenvalue weighted by molar-refractivity contribution is -0.161. The van der Waals surface area contributed by atoms with Crippen LogP contribution in [0.3, 0.4) is 0 Å². The zero-order valence-electron chi connectivity index (χ0n) is 20.9. The van der Waals surface area contributed by atoms with Gasteiger partial charge >= 0.3 is 6.18 Å². The topological polar surface area (TPSA) is 58.2 Å². The van der Waals surface area contributed by atoms with Crippen molar-refractivity contribution in [2.75, 3.05) is 5.32 Å². The maximum atomic E-state index is 13.7. The van der Waals surface area contributed by atoms with Gasteiger partial charge in [-0.15, -0.1) is 0 Å². The number of carbonyl (C=O) groups excluding carboxylic acids is 2. The minimum atomic E-state index is -4.50. The molecular weight excluding hydrogens is 484 g/mol. The number of hydrogen-bond acceptors (Lipinski definition) is 3. The Hall–Kier alpha value is -3.52. The third kappa shape index (κ3) is 8.53. The van der Waals surface area contributed by atoms with Gasteiger partial charge in [0, 0.05) is 29.1 Å². The molecule has 0 saturated carbocycles. The van der Waals surface area contributed by atoms with Gasteiger partial charge in [-0.05, 0) is 74.7 Å². The highest BCUT2D eigenvalue weighted by atomic mass is 19.4. The average Bonchev–Trinajstić information content (AvgIpc) is 2.82. The number of amides is 1. The molecule has 0 aliphatic carbocycles. The molecule has 0 spiro atoms. The van der Waals surface area contributed by atoms with Crippen molar-refractivity contribution in [3.63, 3.8) is 0 Å². The number of halogens is 4. The van der Waals surface area contributed by atoms with Crippen LogP contribution in [0.4, 0.5) is 23.2 Å². The average molecular weight is 515 g/mol. The number of Topliss-reactive ketones (excluding diaryl/α,β-unsaturated/α-hetero) is 1. The monoisotopic (exact) mass is 514 g/mol. The summed E-state index contributed by atoms with van der Waals surface area (Å²) in [6, 6.07) is 17.9. The molecule has 196 valence electrons. The van der Waals surface area contributed by atoms with Gasteiger partial charge < -0.3 is 5.32 Å². The third-order valence-electron chi connectivity index (χ3n) is 5.71. The van der Waals surface area contributed by atoms with Gasteiger partial charge in [-0.2, -0.15) is 13.2 Å². The van der Waals surface area contributed by atoms with Crippen molar-refractivity contribution in [3.8, 4) is 0 Å². The molecule has 0 aliphatic heterocycles. The molecular formula is C29H30F4N2O2. The molecule has 3 aromatic rings. The smallest absolute Gasteiger partial charge is 0.326 e. The second-order valence-electron chi connectivity index (χ2n) is 10.0. The van der Waals surface area contributed by atoms with E-state index in [1.807, 2.05) is 30.3 Å². The predicted molar refractivity (Wildman–Crippen MR) is 136 cm³/mol. The Morgan fingerprint density at radius 3 is 1.97 bits per heavy atom. The Balaban J connectivity index is 1.78. The van der Waals surface area contributed by atoms with Gasteiger partial charge in [0.1, 0.15) is 11.9 Å². The van der Waals surface area contributed by atoms with Crippen molar-refractivity contribution in [3.05, 3.63) is 101 Å². The summed E-state index contributed by atoms with van der Waals surface area (Å²) in [4.78, 5) is 26.0. The molecule has 2 atom stereocenters. The highest BCUT2D eigenvalue weighted by Gasteiger charge is 2.42. The largest absolute Gasteiger partial charge is 0.407 e. The number of nitrogens with one attached hydrogen (secondary N) is 2. The number of hydrogen-bond donors (Lipinski definition) is 2. The second-order valence-corrected chi connectivity index (χ2v) is 10.0. The van der Waals surface area contributed by atoms with Crippen LogP contribution >= 0.6 is 0 Å². The first kappa shape index (κ1) is 28.1. The highest BCUT2D eigenvalue weighted by Crippen LogP contribution is 2.34. The van der Waals surface area contributed by atoms with Crippen LogP contribution in [-0.4, -0.2) is 23.4 Å². The van der Waals surface area contributed by atoms with Gasteiger partial charge in [-0.3, -0.25) is 14.9 Å². The minimum absolute atomic E-state index is 0.0211. The van der Waals surface area contributed by atoms with Gasteiger partial charge in [-0.25, -0.2) is 4.39 Å². The maximum absolute atomic E-state index is 13.7. The lowest BCUT2D eigenvalue weighted by Gasteiger charge is -2.30. The third-order valence-corrected chi connectivity index (χ3v) is 5.71. The first-order valence-electron chi connectivity index (χ1n) is 11.9. The predicted octanol–water partition coefficient (Wildman–Crippen LogP) is 6.89. The van der Waals surface area contributed by atoms with E-state index in [1.165, 1.54) is 48.5 Å². The lowest BCUT2D eigenvalue weighted by Crippen LogP contribution is -2.45. The SMILES string of the molecule is CC(C)(C)NC(c1ccc(NC(=O)[C@@H](CC(=O)c2ccc(F)cc2)Cc2ccccc2)cc1)C(F)(F)F. The first-order valence-corrected chi connectivity index (χ1v) is 11.9. The van der Waals surface area contributed by atoms with E-state index >= 15 is 0 Å². The van der Waals surface area contributed by atoms with Crippen LogP contribution in [0.1, 0.15) is 54.7 Å². The quantitative estimate of drug-likeness (QED) is 0.242. The van der Waals surface area contributed by atoms with Crippen LogP contribution in [0.25, 0.3) is 0 Å². The Bertz CT molecular complexity index is 1190. The summed E-state index contributed by atoms with van der Waals surface area (Å²) in [6.45, 7) is 4.96. The molecule has 4 nitrogen and oxygen atoms in total. The number of carbonyl (C=O) groups is 2. The number of ketones is 1. The van der Waals surface area contributed by atoms with Crippen LogP contribution in [0.15, 0.2) is 78.9 Å². The van der Waals surface area contributed by atoms with E-state index < -0.39 is 35.4 Å². The number of rotatable bonds is 9. The molecule has 0 radical (unpaired) electrons. The van der Waals surface area contributed by atoms with E-state index in [0.29, 0.717) is 11.3 Å². The van der Waals surface area contributed by atoms with E-state index in [1.54, 1.807) is 20.8 Å². The fourth-order valence-corrected chi connectivity index (χ4v) is 3.92. The lowest BCUT2D eigenvalue weighted by atomic mass is 9.91. The molecule has 2 N–H and O–H groups in total. The van der Waals surface area contributed by atoms with E-state index in [2.05, 4.69) is 10.6 Å². The molecule has 3 rings (SSSR count). The molecule has 0 bridgehead atoms. The van der Waals surface area contributed by atoms with Crippen molar-refractivity contribution in [2.24, 2.45) is 5.92 Å². The van der Waals surface area contributed by atoms with Crippen LogP contribution in [0.2, 0.25) is 0 Å². The van der Waals surface area contributed by atoms with Crippen molar-refractivity contribution in [2.45, 2.75) is 51.4 Å². The molecule has 37 heavy (non-hydrogen) atoms. The minimum Gasteiger partial charge on any atom is -0.326 e. The second kappa shape index (κ2) is 11.7. The highest BCUT2D eigenvalue weighted by molar-refractivity contribution is 6.01. The Kier molecular flexibility index (Phi) is 8.86. The van der Waals surface area contributed by atoms with Gasteiger partial charge in [0.25, 0.3) is 0 Å². The van der Waals surface area contributed by atoms with Gasteiger partial charge in [0.05, 0.1) is 0 Å². The summed E-state index contributed by atoms with van der Waals surface area (Å²) < 4.78 is 54.2. The summed E-state index contributed by atoms with van der Waals surface area (Å²) in [6.07, 6.45) is -4.33. The number of alkyl halides is 3. The molecule has 0 fully saturated rings. The molecule has 0 aliphatic rings. The summed E-state index contributed by atoms with van der Waals surface area (Å²) >= 11 is 0. The molecule has 0 aromatic heterocycles. The van der Waals surface area contributed by atoms with Crippen LogP contribution in [0, 0.1) is 11.7 Å². The van der Waals surface area contributed by atoms with E-state index in [0.717, 1.165) is 5.56 Å². The molecule has 1 unspecified atom stereocenters. The van der Waals surface area contributed by atoms with Crippen molar-refractivity contribution >= 4 is 17.4 Å².